The number of nitrogens with zero attached hydrogens (tertiary/aromatic N) is 1. The fourth-order valence-electron chi connectivity index (χ4n) is 3.67. The number of phenolic OH excluding ortho intramolecular Hbond substituents is 1. The van der Waals surface area contributed by atoms with Crippen molar-refractivity contribution in [2.24, 2.45) is 5.73 Å². The van der Waals surface area contributed by atoms with Crippen LogP contribution >= 0.6 is 0 Å². The van der Waals surface area contributed by atoms with Crippen LogP contribution in [0.4, 0.5) is 0 Å². The number of hydrogen-bond donors (Lipinski definition) is 3. The molecule has 3 rings (SSSR count). The van der Waals surface area contributed by atoms with Crippen LogP contribution in [0, 0.1) is 0 Å². The molecule has 5 nitrogen and oxygen atoms in total. The molecule has 3 atom stereocenters. The summed E-state index contributed by atoms with van der Waals surface area (Å²) in [5, 5.41) is 19.1. The highest BCUT2D eigenvalue weighted by Gasteiger charge is 2.43. The van der Waals surface area contributed by atoms with E-state index in [-0.39, 0.29) is 29.8 Å². The minimum absolute atomic E-state index is 0.0116. The van der Waals surface area contributed by atoms with E-state index in [1.165, 1.54) is 0 Å². The molecule has 2 aliphatic rings. The first-order valence-electron chi connectivity index (χ1n) is 7.58. The van der Waals surface area contributed by atoms with E-state index in [9.17, 15) is 15.0 Å². The molecule has 2 saturated heterocycles. The second-order valence-electron chi connectivity index (χ2n) is 6.23. The van der Waals surface area contributed by atoms with Crippen molar-refractivity contribution in [3.8, 4) is 5.75 Å². The number of amides is 1. The molecule has 1 amide bonds. The number of phenols is 1. The molecule has 2 fully saturated rings. The van der Waals surface area contributed by atoms with Crippen molar-refractivity contribution in [3.63, 3.8) is 0 Å². The number of piperidine rings is 1. The molecule has 114 valence electrons. The van der Waals surface area contributed by atoms with Crippen molar-refractivity contribution in [1.82, 2.24) is 4.90 Å². The van der Waals surface area contributed by atoms with E-state index in [4.69, 9.17) is 5.73 Å². The van der Waals surface area contributed by atoms with Crippen LogP contribution in [0.25, 0.3) is 0 Å². The van der Waals surface area contributed by atoms with Gasteiger partial charge in [-0.3, -0.25) is 4.79 Å². The highest BCUT2D eigenvalue weighted by molar-refractivity contribution is 5.83. The molecule has 0 spiro atoms. The zero-order valence-corrected chi connectivity index (χ0v) is 12.0. The standard InChI is InChI=1S/C16H22N2O3/c17-15(7-10-1-5-13(19)6-2-10)16(21)18-11-3-4-12(18)9-14(20)8-11/h1-2,5-6,11-12,14-15,19-20H,3-4,7-9,17H2/t11?,12?,14?,15-/m0/s1. The van der Waals surface area contributed by atoms with Gasteiger partial charge in [-0.1, -0.05) is 12.1 Å². The Bertz CT molecular complexity index is 503. The van der Waals surface area contributed by atoms with E-state index in [2.05, 4.69) is 0 Å². The Balaban J connectivity index is 1.66. The molecule has 2 heterocycles. The predicted octanol–water partition coefficient (Wildman–Crippen LogP) is 0.776. The van der Waals surface area contributed by atoms with E-state index >= 15 is 0 Å². The van der Waals surface area contributed by atoms with Crippen LogP contribution in [0.2, 0.25) is 0 Å². The van der Waals surface area contributed by atoms with Gasteiger partial charge < -0.3 is 20.8 Å². The molecule has 0 aliphatic carbocycles. The van der Waals surface area contributed by atoms with Gasteiger partial charge in [-0.15, -0.1) is 0 Å². The number of fused-ring (bicyclic) bond motifs is 2. The van der Waals surface area contributed by atoms with Crippen molar-refractivity contribution < 1.29 is 15.0 Å². The zero-order chi connectivity index (χ0) is 15.0. The maximum absolute atomic E-state index is 12.6. The van der Waals surface area contributed by atoms with E-state index in [1.807, 2.05) is 4.90 Å². The van der Waals surface area contributed by atoms with E-state index in [1.54, 1.807) is 24.3 Å². The van der Waals surface area contributed by atoms with E-state index in [0.29, 0.717) is 19.3 Å². The van der Waals surface area contributed by atoms with Gasteiger partial charge in [-0.05, 0) is 49.8 Å². The fourth-order valence-corrected chi connectivity index (χ4v) is 3.67. The molecule has 2 aliphatic heterocycles. The number of nitrogens with two attached hydrogens (primary N) is 1. The number of rotatable bonds is 3. The fraction of sp³-hybridized carbons (Fsp3) is 0.562. The van der Waals surface area contributed by atoms with Gasteiger partial charge in [-0.2, -0.15) is 0 Å². The molecular formula is C16H22N2O3. The normalized spacial score (nSPS) is 29.4. The van der Waals surface area contributed by atoms with Crippen molar-refractivity contribution >= 4 is 5.91 Å². The molecule has 1 aromatic carbocycles. The first kappa shape index (κ1) is 14.4. The largest absolute Gasteiger partial charge is 0.508 e. The molecule has 5 heteroatoms. The van der Waals surface area contributed by atoms with Gasteiger partial charge in [0.25, 0.3) is 0 Å². The average molecular weight is 290 g/mol. The lowest BCUT2D eigenvalue weighted by atomic mass is 9.97. The van der Waals surface area contributed by atoms with Crippen molar-refractivity contribution in [3.05, 3.63) is 29.8 Å². The Hall–Kier alpha value is -1.59. The minimum Gasteiger partial charge on any atom is -0.508 e. The zero-order valence-electron chi connectivity index (χ0n) is 12.0. The molecule has 4 N–H and O–H groups in total. The van der Waals surface area contributed by atoms with Crippen molar-refractivity contribution in [2.75, 3.05) is 0 Å². The number of aliphatic hydroxyl groups is 1. The first-order chi connectivity index (χ1) is 10.0. The molecule has 0 saturated carbocycles. The van der Waals surface area contributed by atoms with Gasteiger partial charge >= 0.3 is 0 Å². The maximum Gasteiger partial charge on any atom is 0.240 e. The Morgan fingerprint density at radius 2 is 1.81 bits per heavy atom. The summed E-state index contributed by atoms with van der Waals surface area (Å²) < 4.78 is 0. The van der Waals surface area contributed by atoms with Crippen molar-refractivity contribution in [1.29, 1.82) is 0 Å². The topological polar surface area (TPSA) is 86.8 Å². The highest BCUT2D eigenvalue weighted by Crippen LogP contribution is 2.36. The molecular weight excluding hydrogens is 268 g/mol. The Morgan fingerprint density at radius 3 is 2.38 bits per heavy atom. The number of hydrogen-bond acceptors (Lipinski definition) is 4. The highest BCUT2D eigenvalue weighted by atomic mass is 16.3. The smallest absolute Gasteiger partial charge is 0.240 e. The first-order valence-corrected chi connectivity index (χ1v) is 7.58. The third-order valence-corrected chi connectivity index (χ3v) is 4.67. The Morgan fingerprint density at radius 1 is 1.24 bits per heavy atom. The summed E-state index contributed by atoms with van der Waals surface area (Å²) in [6.45, 7) is 0. The quantitative estimate of drug-likeness (QED) is 0.767. The second-order valence-corrected chi connectivity index (χ2v) is 6.23. The number of aliphatic hydroxyl groups excluding tert-OH is 1. The van der Waals surface area contributed by atoms with Gasteiger partial charge in [0.15, 0.2) is 0 Å². The minimum atomic E-state index is -0.562. The lowest BCUT2D eigenvalue weighted by molar-refractivity contribution is -0.138. The van der Waals surface area contributed by atoms with Gasteiger partial charge in [0.1, 0.15) is 5.75 Å². The third kappa shape index (κ3) is 2.89. The lowest BCUT2D eigenvalue weighted by Gasteiger charge is -2.38. The lowest BCUT2D eigenvalue weighted by Crippen LogP contribution is -2.54. The average Bonchev–Trinajstić information content (AvgIpc) is 2.72. The molecule has 0 aromatic heterocycles. The third-order valence-electron chi connectivity index (χ3n) is 4.67. The molecule has 2 bridgehead atoms. The maximum atomic E-state index is 12.6. The summed E-state index contributed by atoms with van der Waals surface area (Å²) in [5.41, 5.74) is 7.03. The van der Waals surface area contributed by atoms with E-state index in [0.717, 1.165) is 18.4 Å². The van der Waals surface area contributed by atoms with Crippen LogP contribution in [0.3, 0.4) is 0 Å². The van der Waals surface area contributed by atoms with Crippen LogP contribution < -0.4 is 5.73 Å². The van der Waals surface area contributed by atoms with Crippen LogP contribution in [-0.4, -0.2) is 45.2 Å². The Labute approximate surface area is 124 Å². The predicted molar refractivity (Wildman–Crippen MR) is 78.7 cm³/mol. The second kappa shape index (κ2) is 5.66. The van der Waals surface area contributed by atoms with Crippen LogP contribution in [0.5, 0.6) is 5.75 Å². The number of benzene rings is 1. The number of carbonyl (C=O) groups is 1. The van der Waals surface area contributed by atoms with E-state index < -0.39 is 6.04 Å². The molecule has 2 unspecified atom stereocenters. The van der Waals surface area contributed by atoms with Crippen molar-refractivity contribution in [2.45, 2.75) is 56.3 Å². The monoisotopic (exact) mass is 290 g/mol. The summed E-state index contributed by atoms with van der Waals surface area (Å²) in [5.74, 6) is 0.198. The van der Waals surface area contributed by atoms with Gasteiger partial charge in [0.2, 0.25) is 5.91 Å². The number of aromatic hydroxyl groups is 1. The van der Waals surface area contributed by atoms with Crippen LogP contribution in [0.1, 0.15) is 31.2 Å². The molecule has 21 heavy (non-hydrogen) atoms. The van der Waals surface area contributed by atoms with Crippen LogP contribution in [0.15, 0.2) is 24.3 Å². The summed E-state index contributed by atoms with van der Waals surface area (Å²) in [6, 6.07) is 6.52. The van der Waals surface area contributed by atoms with Gasteiger partial charge in [-0.25, -0.2) is 0 Å². The Kier molecular flexibility index (Phi) is 3.87. The molecule has 1 aromatic rings. The molecule has 0 radical (unpaired) electrons. The summed E-state index contributed by atoms with van der Waals surface area (Å²) >= 11 is 0. The summed E-state index contributed by atoms with van der Waals surface area (Å²) in [7, 11) is 0. The van der Waals surface area contributed by atoms with Gasteiger partial charge in [0.05, 0.1) is 12.1 Å². The summed E-state index contributed by atoms with van der Waals surface area (Å²) in [4.78, 5) is 14.5. The van der Waals surface area contributed by atoms with Gasteiger partial charge in [0, 0.05) is 12.1 Å². The van der Waals surface area contributed by atoms with Crippen LogP contribution in [-0.2, 0) is 11.2 Å². The number of carbonyl (C=O) groups excluding carboxylic acids is 1. The summed E-state index contributed by atoms with van der Waals surface area (Å²) in [6.07, 6.45) is 3.48. The SMILES string of the molecule is N[C@@H](Cc1ccc(O)cc1)C(=O)N1C2CCC1CC(O)C2.